The number of halogens is 1. The molecular weight excluding hydrogens is 266 g/mol. The van der Waals surface area contributed by atoms with Gasteiger partial charge in [-0.2, -0.15) is 0 Å². The molecule has 19 heavy (non-hydrogen) atoms. The standard InChI is InChI=1S/C13H18ClN3O2/c1-8-5-17(6-10(8)13(18)19-3)7-12-15-9(2)4-11(14)16-12/h4,8,10H,5-7H2,1-3H3. The van der Waals surface area contributed by atoms with Gasteiger partial charge in [-0.25, -0.2) is 9.97 Å². The Labute approximate surface area is 117 Å². The molecule has 1 fully saturated rings. The van der Waals surface area contributed by atoms with Gasteiger partial charge in [0.15, 0.2) is 0 Å². The highest BCUT2D eigenvalue weighted by Crippen LogP contribution is 2.25. The van der Waals surface area contributed by atoms with E-state index in [0.29, 0.717) is 24.1 Å². The maximum Gasteiger partial charge on any atom is 0.310 e. The van der Waals surface area contributed by atoms with Gasteiger partial charge in [0.1, 0.15) is 11.0 Å². The third-order valence-electron chi connectivity index (χ3n) is 3.43. The van der Waals surface area contributed by atoms with Gasteiger partial charge < -0.3 is 4.74 Å². The fraction of sp³-hybridized carbons (Fsp3) is 0.615. The minimum absolute atomic E-state index is 0.0646. The summed E-state index contributed by atoms with van der Waals surface area (Å²) in [5.74, 6) is 0.777. The number of aryl methyl sites for hydroxylation is 1. The van der Waals surface area contributed by atoms with Crippen molar-refractivity contribution in [3.05, 3.63) is 22.7 Å². The lowest BCUT2D eigenvalue weighted by molar-refractivity contribution is -0.146. The van der Waals surface area contributed by atoms with Gasteiger partial charge in [-0.05, 0) is 18.9 Å². The maximum atomic E-state index is 11.6. The minimum Gasteiger partial charge on any atom is -0.469 e. The molecule has 0 amide bonds. The number of likely N-dealkylation sites (tertiary alicyclic amines) is 1. The van der Waals surface area contributed by atoms with Gasteiger partial charge in [0.25, 0.3) is 0 Å². The fourth-order valence-corrected chi connectivity index (χ4v) is 2.77. The Morgan fingerprint density at radius 3 is 2.89 bits per heavy atom. The zero-order chi connectivity index (χ0) is 14.0. The van der Waals surface area contributed by atoms with Gasteiger partial charge >= 0.3 is 5.97 Å². The third kappa shape index (κ3) is 3.42. The van der Waals surface area contributed by atoms with Gasteiger partial charge in [0.05, 0.1) is 19.6 Å². The van der Waals surface area contributed by atoms with Crippen LogP contribution in [0.2, 0.25) is 5.15 Å². The normalized spacial score (nSPS) is 23.6. The first-order valence-electron chi connectivity index (χ1n) is 6.30. The van der Waals surface area contributed by atoms with E-state index in [9.17, 15) is 4.79 Å². The molecule has 2 heterocycles. The highest BCUT2D eigenvalue weighted by molar-refractivity contribution is 6.29. The lowest BCUT2D eigenvalue weighted by atomic mass is 9.99. The molecule has 1 aliphatic heterocycles. The number of rotatable bonds is 3. The monoisotopic (exact) mass is 283 g/mol. The van der Waals surface area contributed by atoms with Gasteiger partial charge in [-0.3, -0.25) is 9.69 Å². The first-order valence-corrected chi connectivity index (χ1v) is 6.67. The summed E-state index contributed by atoms with van der Waals surface area (Å²) < 4.78 is 4.82. The van der Waals surface area contributed by atoms with Crippen molar-refractivity contribution < 1.29 is 9.53 Å². The molecule has 0 spiro atoms. The zero-order valence-electron chi connectivity index (χ0n) is 11.4. The number of nitrogens with zero attached hydrogens (tertiary/aromatic N) is 3. The van der Waals surface area contributed by atoms with Crippen LogP contribution in [0.3, 0.4) is 0 Å². The number of aromatic nitrogens is 2. The summed E-state index contributed by atoms with van der Waals surface area (Å²) in [6.07, 6.45) is 0. The molecule has 2 rings (SSSR count). The topological polar surface area (TPSA) is 55.3 Å². The smallest absolute Gasteiger partial charge is 0.310 e. The van der Waals surface area contributed by atoms with Crippen LogP contribution in [0.5, 0.6) is 0 Å². The first kappa shape index (κ1) is 14.2. The lowest BCUT2D eigenvalue weighted by Crippen LogP contribution is -2.25. The molecule has 1 aromatic heterocycles. The summed E-state index contributed by atoms with van der Waals surface area (Å²) in [5.41, 5.74) is 0.853. The Hall–Kier alpha value is -1.20. The Balaban J connectivity index is 2.03. The third-order valence-corrected chi connectivity index (χ3v) is 3.62. The second-order valence-corrected chi connectivity index (χ2v) is 5.44. The summed E-state index contributed by atoms with van der Waals surface area (Å²) in [4.78, 5) is 22.4. The van der Waals surface area contributed by atoms with Crippen LogP contribution in [0.25, 0.3) is 0 Å². The van der Waals surface area contributed by atoms with E-state index >= 15 is 0 Å². The Morgan fingerprint density at radius 1 is 1.53 bits per heavy atom. The summed E-state index contributed by atoms with van der Waals surface area (Å²) in [6.45, 7) is 6.09. The number of esters is 1. The number of hydrogen-bond acceptors (Lipinski definition) is 5. The molecule has 0 aliphatic carbocycles. The van der Waals surface area contributed by atoms with E-state index in [-0.39, 0.29) is 17.8 Å². The van der Waals surface area contributed by atoms with Crippen LogP contribution in [0, 0.1) is 18.8 Å². The highest BCUT2D eigenvalue weighted by atomic mass is 35.5. The van der Waals surface area contributed by atoms with Crippen LogP contribution in [-0.4, -0.2) is 41.0 Å². The Kier molecular flexibility index (Phi) is 4.37. The second-order valence-electron chi connectivity index (χ2n) is 5.05. The Morgan fingerprint density at radius 2 is 2.26 bits per heavy atom. The number of carbonyl (C=O) groups is 1. The summed E-state index contributed by atoms with van der Waals surface area (Å²) in [7, 11) is 1.43. The fourth-order valence-electron chi connectivity index (χ4n) is 2.51. The molecule has 0 N–H and O–H groups in total. The lowest BCUT2D eigenvalue weighted by Gasteiger charge is -2.14. The number of ether oxygens (including phenoxy) is 1. The molecule has 5 nitrogen and oxygen atoms in total. The summed E-state index contributed by atoms with van der Waals surface area (Å²) in [5, 5.41) is 0.458. The van der Waals surface area contributed by atoms with E-state index in [1.54, 1.807) is 6.07 Å². The van der Waals surface area contributed by atoms with Crippen molar-refractivity contribution in [2.75, 3.05) is 20.2 Å². The van der Waals surface area contributed by atoms with E-state index in [2.05, 4.69) is 21.8 Å². The molecule has 104 valence electrons. The summed E-state index contributed by atoms with van der Waals surface area (Å²) >= 11 is 5.92. The first-order chi connectivity index (χ1) is 8.99. The van der Waals surface area contributed by atoms with Gasteiger partial charge in [0.2, 0.25) is 0 Å². The maximum absolute atomic E-state index is 11.6. The van der Waals surface area contributed by atoms with E-state index in [1.165, 1.54) is 7.11 Å². The van der Waals surface area contributed by atoms with E-state index in [4.69, 9.17) is 16.3 Å². The number of carbonyl (C=O) groups excluding carboxylic acids is 1. The van der Waals surface area contributed by atoms with Crippen molar-refractivity contribution in [3.8, 4) is 0 Å². The molecule has 0 bridgehead atoms. The van der Waals surface area contributed by atoms with E-state index < -0.39 is 0 Å². The quantitative estimate of drug-likeness (QED) is 0.624. The molecule has 0 aromatic carbocycles. The zero-order valence-corrected chi connectivity index (χ0v) is 12.1. The van der Waals surface area contributed by atoms with Crippen molar-refractivity contribution in [2.24, 2.45) is 11.8 Å². The molecule has 0 radical (unpaired) electrons. The molecule has 1 saturated heterocycles. The highest BCUT2D eigenvalue weighted by Gasteiger charge is 2.35. The van der Waals surface area contributed by atoms with Crippen molar-refractivity contribution >= 4 is 17.6 Å². The molecule has 1 aliphatic rings. The van der Waals surface area contributed by atoms with Crippen molar-refractivity contribution in [3.63, 3.8) is 0 Å². The second kappa shape index (κ2) is 5.84. The molecular formula is C13H18ClN3O2. The molecule has 2 unspecified atom stereocenters. The average Bonchev–Trinajstić information content (AvgIpc) is 2.68. The van der Waals surface area contributed by atoms with Crippen LogP contribution in [0.15, 0.2) is 6.07 Å². The van der Waals surface area contributed by atoms with Gasteiger partial charge in [-0.15, -0.1) is 0 Å². The Bertz CT molecular complexity index is 461. The van der Waals surface area contributed by atoms with Crippen molar-refractivity contribution in [1.29, 1.82) is 0 Å². The van der Waals surface area contributed by atoms with Crippen LogP contribution in [0.1, 0.15) is 18.4 Å². The number of hydrogen-bond donors (Lipinski definition) is 0. The van der Waals surface area contributed by atoms with Crippen molar-refractivity contribution in [1.82, 2.24) is 14.9 Å². The van der Waals surface area contributed by atoms with Crippen molar-refractivity contribution in [2.45, 2.75) is 20.4 Å². The van der Waals surface area contributed by atoms with Crippen LogP contribution in [-0.2, 0) is 16.1 Å². The summed E-state index contributed by atoms with van der Waals surface area (Å²) in [6, 6.07) is 1.73. The average molecular weight is 284 g/mol. The molecule has 1 aromatic rings. The minimum atomic E-state index is -0.141. The molecule has 2 atom stereocenters. The van der Waals surface area contributed by atoms with E-state index in [0.717, 1.165) is 12.2 Å². The van der Waals surface area contributed by atoms with Gasteiger partial charge in [-0.1, -0.05) is 18.5 Å². The molecule has 6 heteroatoms. The predicted molar refractivity (Wildman–Crippen MR) is 71.7 cm³/mol. The van der Waals surface area contributed by atoms with E-state index in [1.807, 2.05) is 6.92 Å². The largest absolute Gasteiger partial charge is 0.469 e. The van der Waals surface area contributed by atoms with Crippen LogP contribution in [0.4, 0.5) is 0 Å². The van der Waals surface area contributed by atoms with Gasteiger partial charge in [0, 0.05) is 18.8 Å². The molecule has 0 saturated carbocycles. The van der Waals surface area contributed by atoms with Crippen LogP contribution < -0.4 is 0 Å². The number of methoxy groups -OCH3 is 1. The SMILES string of the molecule is COC(=O)C1CN(Cc2nc(C)cc(Cl)n2)CC1C. The van der Waals surface area contributed by atoms with Crippen LogP contribution >= 0.6 is 11.6 Å². The predicted octanol–water partition coefficient (Wildman–Crippen LogP) is 1.68.